The number of carbonyl (C=O) groups is 1. The molecule has 0 fully saturated rings. The van der Waals surface area contributed by atoms with E-state index in [0.717, 1.165) is 12.1 Å². The average molecular weight is 383 g/mol. The number of nitro benzene ring substituents is 1. The average Bonchev–Trinajstić information content (AvgIpc) is 2.59. The Bertz CT molecular complexity index is 778. The molecular formula is C17H16F3N3O4. The van der Waals surface area contributed by atoms with E-state index in [-0.39, 0.29) is 23.8 Å². The summed E-state index contributed by atoms with van der Waals surface area (Å²) < 4.78 is 40.0. The van der Waals surface area contributed by atoms with Crippen LogP contribution in [0.5, 0.6) is 5.75 Å². The van der Waals surface area contributed by atoms with Gasteiger partial charge in [0.15, 0.2) is 0 Å². The summed E-state index contributed by atoms with van der Waals surface area (Å²) in [5, 5.41) is 16.2. The zero-order valence-electron chi connectivity index (χ0n) is 14.0. The zero-order chi connectivity index (χ0) is 19.9. The fraction of sp³-hybridized carbons (Fsp3) is 0.235. The maximum atomic E-state index is 12.1. The summed E-state index contributed by atoms with van der Waals surface area (Å²) in [6.45, 7) is 0.476. The number of halogens is 3. The van der Waals surface area contributed by atoms with E-state index in [1.54, 1.807) is 12.1 Å². The standard InChI is InChI=1S/C17H16F3N3O4/c18-17(19,20)27-15-9-5-13(6-10-15)22-16(24)2-1-11-21-12-3-7-14(8-4-12)23(25)26/h3-10,21H,1-2,11H2,(H,22,24). The second kappa shape index (κ2) is 8.88. The van der Waals surface area contributed by atoms with E-state index in [1.165, 1.54) is 24.3 Å². The third-order valence-electron chi connectivity index (χ3n) is 3.36. The van der Waals surface area contributed by atoms with Gasteiger partial charge in [-0.25, -0.2) is 0 Å². The van der Waals surface area contributed by atoms with Gasteiger partial charge >= 0.3 is 6.36 Å². The summed E-state index contributed by atoms with van der Waals surface area (Å²) in [4.78, 5) is 21.9. The lowest BCUT2D eigenvalue weighted by atomic mass is 10.2. The van der Waals surface area contributed by atoms with Crippen molar-refractivity contribution in [2.45, 2.75) is 19.2 Å². The van der Waals surface area contributed by atoms with Crippen LogP contribution in [0.2, 0.25) is 0 Å². The lowest BCUT2D eigenvalue weighted by molar-refractivity contribution is -0.384. The minimum atomic E-state index is -4.76. The molecule has 2 rings (SSSR count). The molecule has 0 radical (unpaired) electrons. The van der Waals surface area contributed by atoms with Crippen molar-refractivity contribution in [1.82, 2.24) is 0 Å². The molecule has 0 spiro atoms. The highest BCUT2D eigenvalue weighted by molar-refractivity contribution is 5.90. The number of ether oxygens (including phenoxy) is 1. The highest BCUT2D eigenvalue weighted by Gasteiger charge is 2.30. The molecule has 10 heteroatoms. The molecular weight excluding hydrogens is 367 g/mol. The number of alkyl halides is 3. The van der Waals surface area contributed by atoms with Crippen LogP contribution in [0.4, 0.5) is 30.2 Å². The summed E-state index contributed by atoms with van der Waals surface area (Å²) in [5.41, 5.74) is 1.05. The molecule has 144 valence electrons. The molecule has 0 aliphatic carbocycles. The van der Waals surface area contributed by atoms with Crippen LogP contribution in [-0.4, -0.2) is 23.7 Å². The first-order valence-corrected chi connectivity index (χ1v) is 7.87. The number of benzene rings is 2. The smallest absolute Gasteiger partial charge is 0.406 e. The molecule has 0 atom stereocenters. The number of rotatable bonds is 8. The van der Waals surface area contributed by atoms with E-state index in [0.29, 0.717) is 24.3 Å². The number of non-ortho nitro benzene ring substituents is 1. The number of hydrogen-bond acceptors (Lipinski definition) is 5. The third kappa shape index (κ3) is 7.22. The minimum Gasteiger partial charge on any atom is -0.406 e. The van der Waals surface area contributed by atoms with Crippen LogP contribution in [0.1, 0.15) is 12.8 Å². The number of anilines is 2. The normalized spacial score (nSPS) is 10.9. The molecule has 0 saturated heterocycles. The van der Waals surface area contributed by atoms with Gasteiger partial charge in [-0.05, 0) is 42.8 Å². The summed E-state index contributed by atoms with van der Waals surface area (Å²) in [6.07, 6.45) is -4.07. The SMILES string of the molecule is O=C(CCCNc1ccc([N+](=O)[O-])cc1)Nc1ccc(OC(F)(F)F)cc1. The summed E-state index contributed by atoms with van der Waals surface area (Å²) in [6, 6.07) is 10.7. The molecule has 2 N–H and O–H groups in total. The minimum absolute atomic E-state index is 0.00780. The Morgan fingerprint density at radius 2 is 1.63 bits per heavy atom. The van der Waals surface area contributed by atoms with E-state index in [9.17, 15) is 28.1 Å². The molecule has 0 unspecified atom stereocenters. The quantitative estimate of drug-likeness (QED) is 0.402. The van der Waals surface area contributed by atoms with Gasteiger partial charge in [0.2, 0.25) is 5.91 Å². The number of hydrogen-bond donors (Lipinski definition) is 2. The van der Waals surface area contributed by atoms with Crippen molar-refractivity contribution >= 4 is 23.0 Å². The van der Waals surface area contributed by atoms with E-state index in [2.05, 4.69) is 15.4 Å². The molecule has 27 heavy (non-hydrogen) atoms. The predicted octanol–water partition coefficient (Wildman–Crippen LogP) is 4.32. The molecule has 2 aromatic carbocycles. The van der Waals surface area contributed by atoms with Crippen molar-refractivity contribution in [2.24, 2.45) is 0 Å². The van der Waals surface area contributed by atoms with Gasteiger partial charge in [0.05, 0.1) is 4.92 Å². The Labute approximate surface area is 152 Å². The first kappa shape index (κ1) is 20.0. The molecule has 7 nitrogen and oxygen atoms in total. The van der Waals surface area contributed by atoms with E-state index >= 15 is 0 Å². The number of nitrogens with zero attached hydrogens (tertiary/aromatic N) is 1. The summed E-state index contributed by atoms with van der Waals surface area (Å²) in [7, 11) is 0. The molecule has 0 aliphatic rings. The fourth-order valence-electron chi connectivity index (χ4n) is 2.15. The second-order valence-electron chi connectivity index (χ2n) is 5.45. The molecule has 2 aromatic rings. The van der Waals surface area contributed by atoms with Gasteiger partial charge in [0, 0.05) is 36.5 Å². The van der Waals surface area contributed by atoms with E-state index in [1.807, 2.05) is 0 Å². The van der Waals surface area contributed by atoms with Crippen LogP contribution in [0.25, 0.3) is 0 Å². The van der Waals surface area contributed by atoms with Gasteiger partial charge in [-0.15, -0.1) is 13.2 Å². The lowest BCUT2D eigenvalue weighted by Gasteiger charge is -2.10. The Morgan fingerprint density at radius 1 is 1.04 bits per heavy atom. The number of nitro groups is 1. The predicted molar refractivity (Wildman–Crippen MR) is 92.6 cm³/mol. The fourth-order valence-corrected chi connectivity index (χ4v) is 2.15. The van der Waals surface area contributed by atoms with Gasteiger partial charge in [-0.1, -0.05) is 0 Å². The molecule has 0 heterocycles. The van der Waals surface area contributed by atoms with Crippen molar-refractivity contribution in [2.75, 3.05) is 17.2 Å². The van der Waals surface area contributed by atoms with Crippen LogP contribution >= 0.6 is 0 Å². The van der Waals surface area contributed by atoms with Gasteiger partial charge in [0.25, 0.3) is 5.69 Å². The molecule has 0 saturated carbocycles. The monoisotopic (exact) mass is 383 g/mol. The largest absolute Gasteiger partial charge is 0.573 e. The van der Waals surface area contributed by atoms with Crippen LogP contribution in [0.15, 0.2) is 48.5 Å². The van der Waals surface area contributed by atoms with E-state index in [4.69, 9.17) is 0 Å². The number of carbonyl (C=O) groups excluding carboxylic acids is 1. The van der Waals surface area contributed by atoms with Crippen molar-refractivity contribution in [3.05, 3.63) is 58.6 Å². The van der Waals surface area contributed by atoms with Crippen molar-refractivity contribution in [3.8, 4) is 5.75 Å². The highest BCUT2D eigenvalue weighted by atomic mass is 19.4. The lowest BCUT2D eigenvalue weighted by Crippen LogP contribution is -2.17. The zero-order valence-corrected chi connectivity index (χ0v) is 14.0. The van der Waals surface area contributed by atoms with Crippen molar-refractivity contribution < 1.29 is 27.6 Å². The maximum Gasteiger partial charge on any atom is 0.573 e. The highest BCUT2D eigenvalue weighted by Crippen LogP contribution is 2.24. The van der Waals surface area contributed by atoms with E-state index < -0.39 is 11.3 Å². The van der Waals surface area contributed by atoms with Gasteiger partial charge < -0.3 is 15.4 Å². The molecule has 0 aromatic heterocycles. The summed E-state index contributed by atoms with van der Waals surface area (Å²) in [5.74, 6) is -0.655. The number of amides is 1. The first-order valence-electron chi connectivity index (χ1n) is 7.87. The second-order valence-corrected chi connectivity index (χ2v) is 5.45. The maximum absolute atomic E-state index is 12.1. The molecule has 0 bridgehead atoms. The van der Waals surface area contributed by atoms with Crippen LogP contribution in [-0.2, 0) is 4.79 Å². The van der Waals surface area contributed by atoms with Crippen molar-refractivity contribution in [1.29, 1.82) is 0 Å². The van der Waals surface area contributed by atoms with Crippen molar-refractivity contribution in [3.63, 3.8) is 0 Å². The van der Waals surface area contributed by atoms with Crippen LogP contribution in [0.3, 0.4) is 0 Å². The topological polar surface area (TPSA) is 93.5 Å². The Morgan fingerprint density at radius 3 is 2.19 bits per heavy atom. The molecule has 0 aliphatic heterocycles. The Kier molecular flexibility index (Phi) is 6.58. The number of nitrogens with one attached hydrogen (secondary N) is 2. The van der Waals surface area contributed by atoms with Gasteiger partial charge in [-0.2, -0.15) is 0 Å². The van der Waals surface area contributed by atoms with Gasteiger partial charge in [-0.3, -0.25) is 14.9 Å². The Balaban J connectivity index is 1.70. The van der Waals surface area contributed by atoms with Crippen LogP contribution < -0.4 is 15.4 Å². The molecule has 1 amide bonds. The Hall–Kier alpha value is -3.30. The summed E-state index contributed by atoms with van der Waals surface area (Å²) >= 11 is 0. The third-order valence-corrected chi connectivity index (χ3v) is 3.36. The van der Waals surface area contributed by atoms with Gasteiger partial charge in [0.1, 0.15) is 5.75 Å². The first-order chi connectivity index (χ1) is 12.7. The van der Waals surface area contributed by atoms with Crippen LogP contribution in [0, 0.1) is 10.1 Å².